The first-order chi connectivity index (χ1) is 11.3. The number of benzene rings is 2. The zero-order valence-electron chi connectivity index (χ0n) is 14.2. The first-order valence-electron chi connectivity index (χ1n) is 8.64. The number of carbonyl (C=O) groups excluding carboxylic acids is 1. The molecule has 0 spiro atoms. The Bertz CT molecular complexity index is 591. The number of para-hydroxylation sites is 1. The third kappa shape index (κ3) is 4.95. The van der Waals surface area contributed by atoms with Crippen molar-refractivity contribution in [1.82, 2.24) is 0 Å². The monoisotopic (exact) mass is 310 g/mol. The Balaban J connectivity index is 2.29. The maximum atomic E-state index is 12.8. The van der Waals surface area contributed by atoms with Crippen molar-refractivity contribution in [1.29, 1.82) is 0 Å². The van der Waals surface area contributed by atoms with Crippen molar-refractivity contribution in [3.63, 3.8) is 0 Å². The number of ether oxygens (including phenoxy) is 1. The van der Waals surface area contributed by atoms with Gasteiger partial charge in [0.05, 0.1) is 5.56 Å². The maximum absolute atomic E-state index is 12.8. The molecule has 2 aromatic rings. The number of rotatable bonds is 8. The van der Waals surface area contributed by atoms with E-state index in [0.29, 0.717) is 5.75 Å². The fourth-order valence-corrected chi connectivity index (χ4v) is 2.71. The third-order valence-electron chi connectivity index (χ3n) is 3.99. The van der Waals surface area contributed by atoms with Gasteiger partial charge in [0.15, 0.2) is 0 Å². The Morgan fingerprint density at radius 1 is 0.826 bits per heavy atom. The van der Waals surface area contributed by atoms with Gasteiger partial charge in [-0.1, -0.05) is 63.1 Å². The lowest BCUT2D eigenvalue weighted by Gasteiger charge is -2.14. The molecule has 0 heterocycles. The highest BCUT2D eigenvalue weighted by atomic mass is 16.5. The van der Waals surface area contributed by atoms with Crippen LogP contribution in [0.4, 0.5) is 0 Å². The van der Waals surface area contributed by atoms with E-state index in [1.54, 1.807) is 0 Å². The van der Waals surface area contributed by atoms with Crippen LogP contribution in [-0.2, 0) is 12.8 Å². The van der Waals surface area contributed by atoms with E-state index in [2.05, 4.69) is 32.0 Å². The molecule has 23 heavy (non-hydrogen) atoms. The largest absolute Gasteiger partial charge is 0.423 e. The van der Waals surface area contributed by atoms with Gasteiger partial charge in [-0.25, -0.2) is 4.79 Å². The second kappa shape index (κ2) is 9.14. The predicted molar refractivity (Wildman–Crippen MR) is 95.1 cm³/mol. The van der Waals surface area contributed by atoms with Gasteiger partial charge in [0.25, 0.3) is 0 Å². The van der Waals surface area contributed by atoms with Gasteiger partial charge in [0.2, 0.25) is 0 Å². The standard InChI is InChI=1S/C21H26O2/c1-3-5-11-17-13-10-14-18(12-6-4-2)20(17)21(22)23-19-15-8-7-9-16-19/h7-10,13-16H,3-6,11-12H2,1-2H3. The topological polar surface area (TPSA) is 26.3 Å². The van der Waals surface area contributed by atoms with Gasteiger partial charge in [-0.2, -0.15) is 0 Å². The second-order valence-corrected chi connectivity index (χ2v) is 5.86. The summed E-state index contributed by atoms with van der Waals surface area (Å²) in [4.78, 5) is 12.8. The molecule has 0 N–H and O–H groups in total. The van der Waals surface area contributed by atoms with Crippen LogP contribution >= 0.6 is 0 Å². The molecule has 0 saturated heterocycles. The summed E-state index contributed by atoms with van der Waals surface area (Å²) < 4.78 is 5.60. The Morgan fingerprint density at radius 3 is 1.91 bits per heavy atom. The second-order valence-electron chi connectivity index (χ2n) is 5.86. The van der Waals surface area contributed by atoms with E-state index in [4.69, 9.17) is 4.74 Å². The average Bonchev–Trinajstić information content (AvgIpc) is 2.58. The fourth-order valence-electron chi connectivity index (χ4n) is 2.71. The van der Waals surface area contributed by atoms with Crippen molar-refractivity contribution in [3.05, 3.63) is 65.2 Å². The van der Waals surface area contributed by atoms with Crippen molar-refractivity contribution in [2.24, 2.45) is 0 Å². The van der Waals surface area contributed by atoms with Crippen molar-refractivity contribution in [2.75, 3.05) is 0 Å². The molecule has 0 bridgehead atoms. The van der Waals surface area contributed by atoms with Crippen molar-refractivity contribution < 1.29 is 9.53 Å². The third-order valence-corrected chi connectivity index (χ3v) is 3.99. The number of esters is 1. The Hall–Kier alpha value is -2.09. The first-order valence-corrected chi connectivity index (χ1v) is 8.64. The molecule has 0 radical (unpaired) electrons. The summed E-state index contributed by atoms with van der Waals surface area (Å²) >= 11 is 0. The van der Waals surface area contributed by atoms with Gasteiger partial charge in [0, 0.05) is 0 Å². The first kappa shape index (κ1) is 17.3. The average molecular weight is 310 g/mol. The lowest BCUT2D eigenvalue weighted by atomic mass is 9.94. The van der Waals surface area contributed by atoms with Crippen molar-refractivity contribution >= 4 is 5.97 Å². The summed E-state index contributed by atoms with van der Waals surface area (Å²) in [5.74, 6) is 0.373. The molecule has 0 unspecified atom stereocenters. The minimum atomic E-state index is -0.228. The van der Waals surface area contributed by atoms with Gasteiger partial charge < -0.3 is 4.74 Å². The minimum Gasteiger partial charge on any atom is -0.423 e. The SMILES string of the molecule is CCCCc1cccc(CCCC)c1C(=O)Oc1ccccc1. The summed E-state index contributed by atoms with van der Waals surface area (Å²) in [5.41, 5.74) is 3.00. The van der Waals surface area contributed by atoms with Crippen LogP contribution in [0.5, 0.6) is 5.75 Å². The summed E-state index contributed by atoms with van der Waals surface area (Å²) in [6.45, 7) is 4.34. The number of hydrogen-bond donors (Lipinski definition) is 0. The van der Waals surface area contributed by atoms with Gasteiger partial charge in [0.1, 0.15) is 5.75 Å². The molecule has 122 valence electrons. The quantitative estimate of drug-likeness (QED) is 0.469. The van der Waals surface area contributed by atoms with Gasteiger partial charge in [-0.3, -0.25) is 0 Å². The predicted octanol–water partition coefficient (Wildman–Crippen LogP) is 5.59. The van der Waals surface area contributed by atoms with Crippen molar-refractivity contribution in [2.45, 2.75) is 52.4 Å². The van der Waals surface area contributed by atoms with Crippen LogP contribution in [0.25, 0.3) is 0 Å². The van der Waals surface area contributed by atoms with E-state index in [-0.39, 0.29) is 5.97 Å². The van der Waals surface area contributed by atoms with Crippen LogP contribution in [-0.4, -0.2) is 5.97 Å². The normalized spacial score (nSPS) is 10.5. The van der Waals surface area contributed by atoms with Gasteiger partial charge in [-0.05, 0) is 48.9 Å². The molecular formula is C21H26O2. The van der Waals surface area contributed by atoms with E-state index in [9.17, 15) is 4.79 Å². The smallest absolute Gasteiger partial charge is 0.344 e. The highest BCUT2D eigenvalue weighted by Gasteiger charge is 2.18. The highest BCUT2D eigenvalue weighted by Crippen LogP contribution is 2.22. The molecule has 0 aromatic heterocycles. The Morgan fingerprint density at radius 2 is 1.39 bits per heavy atom. The molecule has 2 rings (SSSR count). The zero-order chi connectivity index (χ0) is 16.5. The Labute approximate surface area is 139 Å². The van der Waals surface area contributed by atoms with Gasteiger partial charge in [-0.15, -0.1) is 0 Å². The van der Waals surface area contributed by atoms with Crippen LogP contribution in [0.15, 0.2) is 48.5 Å². The Kier molecular flexibility index (Phi) is 6.86. The lowest BCUT2D eigenvalue weighted by molar-refractivity contribution is 0.0732. The minimum absolute atomic E-state index is 0.228. The molecule has 0 aliphatic rings. The van der Waals surface area contributed by atoms with E-state index in [0.717, 1.165) is 55.2 Å². The molecule has 0 amide bonds. The van der Waals surface area contributed by atoms with Crippen LogP contribution < -0.4 is 4.74 Å². The molecule has 2 aromatic carbocycles. The van der Waals surface area contributed by atoms with E-state index in [1.807, 2.05) is 30.3 Å². The molecule has 0 aliphatic heterocycles. The molecule has 0 fully saturated rings. The summed E-state index contributed by atoms with van der Waals surface area (Å²) in [6.07, 6.45) is 6.26. The van der Waals surface area contributed by atoms with Crippen molar-refractivity contribution in [3.8, 4) is 5.75 Å². The molecule has 0 saturated carbocycles. The summed E-state index contributed by atoms with van der Waals surface area (Å²) in [5, 5.41) is 0. The van der Waals surface area contributed by atoms with Crippen LogP contribution in [0.3, 0.4) is 0 Å². The number of carbonyl (C=O) groups is 1. The molecular weight excluding hydrogens is 284 g/mol. The number of aryl methyl sites for hydroxylation is 2. The molecule has 0 atom stereocenters. The summed E-state index contributed by atoms with van der Waals surface area (Å²) in [7, 11) is 0. The van der Waals surface area contributed by atoms with Gasteiger partial charge >= 0.3 is 5.97 Å². The molecule has 2 nitrogen and oxygen atoms in total. The summed E-state index contributed by atoms with van der Waals surface area (Å²) in [6, 6.07) is 15.5. The fraction of sp³-hybridized carbons (Fsp3) is 0.381. The zero-order valence-corrected chi connectivity index (χ0v) is 14.2. The van der Waals surface area contributed by atoms with E-state index >= 15 is 0 Å². The lowest BCUT2D eigenvalue weighted by Crippen LogP contribution is -2.14. The maximum Gasteiger partial charge on any atom is 0.344 e. The van der Waals surface area contributed by atoms with Crippen LogP contribution in [0.1, 0.15) is 61.0 Å². The number of unbranched alkanes of at least 4 members (excludes halogenated alkanes) is 2. The highest BCUT2D eigenvalue weighted by molar-refractivity contribution is 5.94. The number of hydrogen-bond acceptors (Lipinski definition) is 2. The molecule has 2 heteroatoms. The van der Waals surface area contributed by atoms with E-state index < -0.39 is 0 Å². The molecule has 0 aliphatic carbocycles. The van der Waals surface area contributed by atoms with E-state index in [1.165, 1.54) is 0 Å². The van der Waals surface area contributed by atoms with Crippen LogP contribution in [0, 0.1) is 0 Å². The van der Waals surface area contributed by atoms with Crippen LogP contribution in [0.2, 0.25) is 0 Å².